The average Bonchev–Trinajstić information content (AvgIpc) is 2.28. The fourth-order valence-electron chi connectivity index (χ4n) is 1.52. The van der Waals surface area contributed by atoms with Gasteiger partial charge in [0.1, 0.15) is 5.75 Å². The van der Waals surface area contributed by atoms with Gasteiger partial charge in [0.25, 0.3) is 0 Å². The molecule has 0 saturated heterocycles. The van der Waals surface area contributed by atoms with Gasteiger partial charge in [0, 0.05) is 15.3 Å². The third-order valence-corrected chi connectivity index (χ3v) is 3.24. The molecule has 0 fully saturated rings. The zero-order valence-corrected chi connectivity index (χ0v) is 9.64. The number of halogens is 1. The van der Waals surface area contributed by atoms with Gasteiger partial charge in [-0.05, 0) is 25.0 Å². The van der Waals surface area contributed by atoms with Gasteiger partial charge in [-0.3, -0.25) is 0 Å². The van der Waals surface area contributed by atoms with Crippen molar-refractivity contribution in [1.29, 1.82) is 0 Å². The van der Waals surface area contributed by atoms with E-state index in [1.165, 1.54) is 5.56 Å². The van der Waals surface area contributed by atoms with Crippen LogP contribution in [0.1, 0.15) is 23.7 Å². The zero-order valence-electron chi connectivity index (χ0n) is 7.16. The van der Waals surface area contributed by atoms with Crippen LogP contribution in [-0.4, -0.2) is 6.61 Å². The molecule has 1 heterocycles. The lowest BCUT2D eigenvalue weighted by atomic mass is 10.1. The largest absolute Gasteiger partial charge is 0.493 e. The van der Waals surface area contributed by atoms with Crippen LogP contribution in [-0.2, 0) is 0 Å². The Kier molecular flexibility index (Phi) is 2.84. The maximum Gasteiger partial charge on any atom is 0.124 e. The van der Waals surface area contributed by atoms with Gasteiger partial charge in [-0.2, -0.15) is 12.6 Å². The minimum atomic E-state index is 0.325. The van der Waals surface area contributed by atoms with Gasteiger partial charge >= 0.3 is 0 Å². The molecule has 0 aliphatic carbocycles. The van der Waals surface area contributed by atoms with E-state index in [-0.39, 0.29) is 0 Å². The highest BCUT2D eigenvalue weighted by Gasteiger charge is 2.16. The Hall–Kier alpha value is -0.150. The van der Waals surface area contributed by atoms with Crippen molar-refractivity contribution in [2.45, 2.75) is 18.1 Å². The highest BCUT2D eigenvalue weighted by molar-refractivity contribution is 9.10. The van der Waals surface area contributed by atoms with E-state index in [4.69, 9.17) is 4.74 Å². The van der Waals surface area contributed by atoms with Crippen molar-refractivity contribution >= 4 is 28.6 Å². The number of rotatable bonds is 0. The number of ether oxygens (including phenoxy) is 1. The maximum absolute atomic E-state index is 5.62. The Morgan fingerprint density at radius 2 is 2.31 bits per heavy atom. The standard InChI is InChI=1S/C10H11BrOS/c11-7-3-4-8-9(6-7)12-5-1-2-10(8)13/h3-4,6,10,13H,1-2,5H2. The monoisotopic (exact) mass is 258 g/mol. The van der Waals surface area contributed by atoms with Crippen LogP contribution in [0.15, 0.2) is 22.7 Å². The zero-order chi connectivity index (χ0) is 9.26. The normalized spacial score (nSPS) is 21.5. The summed E-state index contributed by atoms with van der Waals surface area (Å²) in [6.07, 6.45) is 2.18. The number of benzene rings is 1. The van der Waals surface area contributed by atoms with E-state index in [2.05, 4.69) is 34.6 Å². The Bertz CT molecular complexity index is 314. The Morgan fingerprint density at radius 3 is 3.15 bits per heavy atom. The van der Waals surface area contributed by atoms with Gasteiger partial charge in [-0.1, -0.05) is 22.0 Å². The number of thiol groups is 1. The molecule has 3 heteroatoms. The lowest BCUT2D eigenvalue weighted by molar-refractivity contribution is 0.316. The van der Waals surface area contributed by atoms with Crippen molar-refractivity contribution in [2.24, 2.45) is 0 Å². The molecule has 1 atom stereocenters. The summed E-state index contributed by atoms with van der Waals surface area (Å²) in [5, 5.41) is 0.325. The third-order valence-electron chi connectivity index (χ3n) is 2.21. The lowest BCUT2D eigenvalue weighted by Gasteiger charge is -2.10. The fourth-order valence-corrected chi connectivity index (χ4v) is 2.26. The predicted molar refractivity (Wildman–Crippen MR) is 60.6 cm³/mol. The van der Waals surface area contributed by atoms with Crippen LogP contribution >= 0.6 is 28.6 Å². The Morgan fingerprint density at radius 1 is 1.46 bits per heavy atom. The van der Waals surface area contributed by atoms with Gasteiger partial charge in [-0.15, -0.1) is 0 Å². The first-order valence-corrected chi connectivity index (χ1v) is 5.68. The molecule has 0 amide bonds. The minimum Gasteiger partial charge on any atom is -0.493 e. The number of hydrogen-bond donors (Lipinski definition) is 1. The summed E-state index contributed by atoms with van der Waals surface area (Å²) >= 11 is 7.98. The number of fused-ring (bicyclic) bond motifs is 1. The van der Waals surface area contributed by atoms with Crippen LogP contribution in [0.3, 0.4) is 0 Å². The van der Waals surface area contributed by atoms with Crippen molar-refractivity contribution in [1.82, 2.24) is 0 Å². The van der Waals surface area contributed by atoms with E-state index in [0.717, 1.165) is 29.7 Å². The van der Waals surface area contributed by atoms with E-state index >= 15 is 0 Å². The van der Waals surface area contributed by atoms with Crippen LogP contribution in [0.5, 0.6) is 5.75 Å². The van der Waals surface area contributed by atoms with Gasteiger partial charge in [0.05, 0.1) is 6.61 Å². The molecule has 13 heavy (non-hydrogen) atoms. The average molecular weight is 259 g/mol. The molecule has 0 spiro atoms. The van der Waals surface area contributed by atoms with Crippen LogP contribution in [0.25, 0.3) is 0 Å². The molecule has 1 aliphatic heterocycles. The van der Waals surface area contributed by atoms with Crippen LogP contribution < -0.4 is 4.74 Å². The first-order chi connectivity index (χ1) is 6.27. The second kappa shape index (κ2) is 3.93. The summed E-state index contributed by atoms with van der Waals surface area (Å²) in [6, 6.07) is 6.14. The molecule has 1 aromatic carbocycles. The van der Waals surface area contributed by atoms with Gasteiger partial charge in [-0.25, -0.2) is 0 Å². The molecule has 1 nitrogen and oxygen atoms in total. The van der Waals surface area contributed by atoms with Crippen LogP contribution in [0, 0.1) is 0 Å². The second-order valence-electron chi connectivity index (χ2n) is 3.19. The minimum absolute atomic E-state index is 0.325. The molecule has 1 aliphatic rings. The van der Waals surface area contributed by atoms with E-state index in [0.29, 0.717) is 5.25 Å². The molecule has 0 bridgehead atoms. The summed E-state index contributed by atoms with van der Waals surface area (Å²) < 4.78 is 6.68. The van der Waals surface area contributed by atoms with E-state index in [9.17, 15) is 0 Å². The first-order valence-electron chi connectivity index (χ1n) is 4.37. The topological polar surface area (TPSA) is 9.23 Å². The molecule has 0 N–H and O–H groups in total. The quantitative estimate of drug-likeness (QED) is 0.700. The molecule has 0 radical (unpaired) electrons. The summed E-state index contributed by atoms with van der Waals surface area (Å²) in [6.45, 7) is 0.806. The van der Waals surface area contributed by atoms with Crippen molar-refractivity contribution in [3.8, 4) is 5.75 Å². The SMILES string of the molecule is SC1CCCOc2cc(Br)ccc21. The molecule has 1 unspecified atom stereocenters. The van der Waals surface area contributed by atoms with E-state index in [1.807, 2.05) is 12.1 Å². The molecule has 1 aromatic rings. The van der Waals surface area contributed by atoms with E-state index < -0.39 is 0 Å². The maximum atomic E-state index is 5.62. The van der Waals surface area contributed by atoms with Gasteiger partial charge in [0.15, 0.2) is 0 Å². The van der Waals surface area contributed by atoms with Crippen molar-refractivity contribution < 1.29 is 4.74 Å². The molecular weight excluding hydrogens is 248 g/mol. The summed E-state index contributed by atoms with van der Waals surface area (Å²) in [4.78, 5) is 0. The van der Waals surface area contributed by atoms with Gasteiger partial charge < -0.3 is 4.74 Å². The fraction of sp³-hybridized carbons (Fsp3) is 0.400. The summed E-state index contributed by atoms with van der Waals surface area (Å²) in [7, 11) is 0. The highest BCUT2D eigenvalue weighted by atomic mass is 79.9. The second-order valence-corrected chi connectivity index (χ2v) is 4.73. The van der Waals surface area contributed by atoms with Gasteiger partial charge in [0.2, 0.25) is 0 Å². The molecule has 0 saturated carbocycles. The van der Waals surface area contributed by atoms with Crippen molar-refractivity contribution in [3.63, 3.8) is 0 Å². The summed E-state index contributed by atoms with van der Waals surface area (Å²) in [5.41, 5.74) is 1.21. The lowest BCUT2D eigenvalue weighted by Crippen LogP contribution is -1.94. The van der Waals surface area contributed by atoms with Crippen molar-refractivity contribution in [2.75, 3.05) is 6.61 Å². The predicted octanol–water partition coefficient (Wildman–Crippen LogP) is 3.59. The summed E-state index contributed by atoms with van der Waals surface area (Å²) in [5.74, 6) is 0.979. The Balaban J connectivity index is 2.42. The van der Waals surface area contributed by atoms with E-state index in [1.54, 1.807) is 0 Å². The molecular formula is C10H11BrOS. The smallest absolute Gasteiger partial charge is 0.124 e. The highest BCUT2D eigenvalue weighted by Crippen LogP contribution is 2.36. The molecule has 70 valence electrons. The number of hydrogen-bond acceptors (Lipinski definition) is 2. The van der Waals surface area contributed by atoms with Crippen LogP contribution in [0.2, 0.25) is 0 Å². The third kappa shape index (κ3) is 2.02. The molecule has 0 aromatic heterocycles. The van der Waals surface area contributed by atoms with Crippen LogP contribution in [0.4, 0.5) is 0 Å². The Labute approximate surface area is 92.0 Å². The molecule has 2 rings (SSSR count). The van der Waals surface area contributed by atoms with Crippen molar-refractivity contribution in [3.05, 3.63) is 28.2 Å². The first kappa shape index (κ1) is 9.41.